The second-order valence-corrected chi connectivity index (χ2v) is 8.36. The Kier molecular flexibility index (Phi) is 4.16. The molecule has 1 saturated heterocycles. The molecular formula is C21H19N5O2S. The number of rotatable bonds is 4. The summed E-state index contributed by atoms with van der Waals surface area (Å²) in [5.74, 6) is 0.273. The number of carbonyl (C=O) groups excluding carboxylic acids is 2. The van der Waals surface area contributed by atoms with E-state index in [9.17, 15) is 9.59 Å². The van der Waals surface area contributed by atoms with Gasteiger partial charge < -0.3 is 5.32 Å². The molecule has 8 heteroatoms. The average Bonchev–Trinajstić information content (AvgIpc) is 3.44. The van der Waals surface area contributed by atoms with Gasteiger partial charge in [-0.1, -0.05) is 18.2 Å². The molecule has 3 amide bonds. The third kappa shape index (κ3) is 3.00. The summed E-state index contributed by atoms with van der Waals surface area (Å²) in [7, 11) is 0. The first-order valence-electron chi connectivity index (χ1n) is 9.53. The Balaban J connectivity index is 1.39. The van der Waals surface area contributed by atoms with E-state index in [4.69, 9.17) is 0 Å². The lowest BCUT2D eigenvalue weighted by Gasteiger charge is -2.23. The van der Waals surface area contributed by atoms with Gasteiger partial charge in [0.05, 0.1) is 12.2 Å². The summed E-state index contributed by atoms with van der Waals surface area (Å²) in [5.41, 5.74) is 3.02. The van der Waals surface area contributed by atoms with Crippen LogP contribution in [0.2, 0.25) is 0 Å². The van der Waals surface area contributed by atoms with Crippen molar-refractivity contribution in [3.05, 3.63) is 64.4 Å². The molecule has 1 fully saturated rings. The number of aromatic nitrogens is 3. The molecule has 7 nitrogen and oxygen atoms in total. The number of amides is 3. The van der Waals surface area contributed by atoms with E-state index in [-0.39, 0.29) is 12.5 Å². The highest BCUT2D eigenvalue weighted by Crippen LogP contribution is 2.33. The summed E-state index contributed by atoms with van der Waals surface area (Å²) in [5, 5.41) is 5.38. The number of aryl methyl sites for hydroxylation is 2. The van der Waals surface area contributed by atoms with E-state index in [2.05, 4.69) is 32.4 Å². The number of nitrogens with one attached hydrogen (secondary N) is 1. The van der Waals surface area contributed by atoms with E-state index >= 15 is 0 Å². The Morgan fingerprint density at radius 3 is 2.79 bits per heavy atom. The van der Waals surface area contributed by atoms with Crippen LogP contribution in [0.5, 0.6) is 0 Å². The summed E-state index contributed by atoms with van der Waals surface area (Å²) in [4.78, 5) is 40.0. The molecule has 1 unspecified atom stereocenters. The minimum Gasteiger partial charge on any atom is -0.319 e. The maximum absolute atomic E-state index is 13.2. The van der Waals surface area contributed by atoms with E-state index < -0.39 is 11.6 Å². The monoisotopic (exact) mass is 405 g/mol. The SMILES string of the molecule is CC1(c2ccc3c(c2)CCC3)NC(=O)N(Cc2csc(-c3ncccn3)n2)C1=O. The number of carbonyl (C=O) groups is 2. The van der Waals surface area contributed by atoms with Gasteiger partial charge >= 0.3 is 6.03 Å². The van der Waals surface area contributed by atoms with Gasteiger partial charge in [-0.2, -0.15) is 0 Å². The Labute approximate surface area is 171 Å². The fraction of sp³-hybridized carbons (Fsp3) is 0.286. The number of imide groups is 1. The molecule has 146 valence electrons. The standard InChI is InChI=1S/C21H19N5O2S/c1-21(15-7-6-13-4-2-5-14(13)10-15)19(27)26(20(28)25-21)11-16-12-29-18(24-16)17-22-8-3-9-23-17/h3,6-10,12H,2,4-5,11H2,1H3,(H,25,28). The Morgan fingerprint density at radius 2 is 1.97 bits per heavy atom. The number of thiazole rings is 1. The molecule has 5 rings (SSSR count). The van der Waals surface area contributed by atoms with Crippen molar-refractivity contribution in [3.63, 3.8) is 0 Å². The minimum absolute atomic E-state index is 0.120. The smallest absolute Gasteiger partial charge is 0.319 e. The molecule has 2 aromatic heterocycles. The topological polar surface area (TPSA) is 88.1 Å². The average molecular weight is 405 g/mol. The van der Waals surface area contributed by atoms with Crippen LogP contribution in [-0.4, -0.2) is 31.8 Å². The van der Waals surface area contributed by atoms with Crippen LogP contribution in [0.15, 0.2) is 42.0 Å². The Bertz CT molecular complexity index is 1110. The molecule has 1 atom stereocenters. The number of fused-ring (bicyclic) bond motifs is 1. The van der Waals surface area contributed by atoms with E-state index in [1.807, 2.05) is 11.4 Å². The van der Waals surface area contributed by atoms with Gasteiger partial charge in [-0.25, -0.2) is 19.7 Å². The zero-order valence-electron chi connectivity index (χ0n) is 15.9. The molecule has 3 aromatic rings. The molecule has 0 bridgehead atoms. The van der Waals surface area contributed by atoms with Crippen molar-refractivity contribution in [2.24, 2.45) is 0 Å². The van der Waals surface area contributed by atoms with Gasteiger partial charge in [-0.05, 0) is 48.9 Å². The molecule has 3 heterocycles. The maximum Gasteiger partial charge on any atom is 0.325 e. The molecule has 0 radical (unpaired) electrons. The maximum atomic E-state index is 13.2. The largest absolute Gasteiger partial charge is 0.325 e. The molecule has 0 saturated carbocycles. The third-order valence-electron chi connectivity index (χ3n) is 5.58. The summed E-state index contributed by atoms with van der Waals surface area (Å²) in [6.45, 7) is 1.89. The predicted octanol–water partition coefficient (Wildman–Crippen LogP) is 3.06. The van der Waals surface area contributed by atoms with Crippen LogP contribution in [0.25, 0.3) is 10.8 Å². The van der Waals surface area contributed by atoms with Gasteiger partial charge in [0.25, 0.3) is 5.91 Å². The quantitative estimate of drug-likeness (QED) is 0.674. The minimum atomic E-state index is -1.06. The number of hydrogen-bond donors (Lipinski definition) is 1. The van der Waals surface area contributed by atoms with Crippen molar-refractivity contribution in [1.82, 2.24) is 25.2 Å². The normalized spacial score (nSPS) is 20.8. The van der Waals surface area contributed by atoms with E-state index in [1.165, 1.54) is 27.4 Å². The van der Waals surface area contributed by atoms with Crippen molar-refractivity contribution in [2.45, 2.75) is 38.3 Å². The van der Waals surface area contributed by atoms with Crippen molar-refractivity contribution in [1.29, 1.82) is 0 Å². The molecule has 1 N–H and O–H groups in total. The molecule has 1 aliphatic heterocycles. The van der Waals surface area contributed by atoms with Crippen LogP contribution in [0.1, 0.15) is 35.7 Å². The number of urea groups is 1. The molecule has 1 aromatic carbocycles. The Hall–Kier alpha value is -3.13. The summed E-state index contributed by atoms with van der Waals surface area (Å²) < 4.78 is 0. The van der Waals surface area contributed by atoms with Crippen LogP contribution in [0.4, 0.5) is 4.79 Å². The highest BCUT2D eigenvalue weighted by Gasteiger charge is 2.49. The molecule has 1 aliphatic carbocycles. The van der Waals surface area contributed by atoms with Crippen molar-refractivity contribution >= 4 is 23.3 Å². The summed E-state index contributed by atoms with van der Waals surface area (Å²) in [6, 6.07) is 7.45. The lowest BCUT2D eigenvalue weighted by Crippen LogP contribution is -2.41. The summed E-state index contributed by atoms with van der Waals surface area (Å²) >= 11 is 1.39. The van der Waals surface area contributed by atoms with Gasteiger partial charge in [-0.3, -0.25) is 9.69 Å². The molecular weight excluding hydrogens is 386 g/mol. The zero-order valence-corrected chi connectivity index (χ0v) is 16.7. The third-order valence-corrected chi connectivity index (χ3v) is 6.47. The van der Waals surface area contributed by atoms with Gasteiger partial charge in [0.15, 0.2) is 10.8 Å². The lowest BCUT2D eigenvalue weighted by molar-refractivity contribution is -0.131. The van der Waals surface area contributed by atoms with Crippen LogP contribution < -0.4 is 5.32 Å². The van der Waals surface area contributed by atoms with E-state index in [1.54, 1.807) is 25.4 Å². The fourth-order valence-corrected chi connectivity index (χ4v) is 4.73. The van der Waals surface area contributed by atoms with Crippen molar-refractivity contribution in [2.75, 3.05) is 0 Å². The zero-order chi connectivity index (χ0) is 20.0. The van der Waals surface area contributed by atoms with E-state index in [0.717, 1.165) is 24.8 Å². The highest BCUT2D eigenvalue weighted by atomic mass is 32.1. The highest BCUT2D eigenvalue weighted by molar-refractivity contribution is 7.13. The van der Waals surface area contributed by atoms with Crippen LogP contribution in [-0.2, 0) is 29.7 Å². The van der Waals surface area contributed by atoms with Crippen LogP contribution >= 0.6 is 11.3 Å². The van der Waals surface area contributed by atoms with Gasteiger partial charge in [0.2, 0.25) is 0 Å². The molecule has 29 heavy (non-hydrogen) atoms. The molecule has 0 spiro atoms. The number of hydrogen-bond acceptors (Lipinski definition) is 6. The van der Waals surface area contributed by atoms with Crippen molar-refractivity contribution in [3.8, 4) is 10.8 Å². The Morgan fingerprint density at radius 1 is 1.17 bits per heavy atom. The first-order valence-corrected chi connectivity index (χ1v) is 10.4. The first-order chi connectivity index (χ1) is 14.0. The van der Waals surface area contributed by atoms with Crippen LogP contribution in [0, 0.1) is 0 Å². The van der Waals surface area contributed by atoms with Gasteiger partial charge in [0.1, 0.15) is 5.54 Å². The van der Waals surface area contributed by atoms with Crippen molar-refractivity contribution < 1.29 is 9.59 Å². The first kappa shape index (κ1) is 17.9. The lowest BCUT2D eigenvalue weighted by atomic mass is 9.89. The second kappa shape index (κ2) is 6.73. The fourth-order valence-electron chi connectivity index (χ4n) is 3.97. The van der Waals surface area contributed by atoms with E-state index in [0.29, 0.717) is 16.5 Å². The van der Waals surface area contributed by atoms with Crippen LogP contribution in [0.3, 0.4) is 0 Å². The number of nitrogens with zero attached hydrogens (tertiary/aromatic N) is 4. The van der Waals surface area contributed by atoms with Gasteiger partial charge in [-0.15, -0.1) is 11.3 Å². The number of benzene rings is 1. The molecule has 2 aliphatic rings. The summed E-state index contributed by atoms with van der Waals surface area (Å²) in [6.07, 6.45) is 6.55. The second-order valence-electron chi connectivity index (χ2n) is 7.50. The predicted molar refractivity (Wildman–Crippen MR) is 108 cm³/mol. The van der Waals surface area contributed by atoms with Gasteiger partial charge in [0, 0.05) is 17.8 Å².